The normalized spacial score (nSPS) is 10.0. The second kappa shape index (κ2) is 7.41. The van der Waals surface area contributed by atoms with Crippen molar-refractivity contribution >= 4 is 11.9 Å². The van der Waals surface area contributed by atoms with Gasteiger partial charge in [-0.2, -0.15) is 0 Å². The summed E-state index contributed by atoms with van der Waals surface area (Å²) in [5.41, 5.74) is 0.952. The van der Waals surface area contributed by atoms with Gasteiger partial charge in [-0.05, 0) is 17.7 Å². The molecule has 0 aliphatic carbocycles. The van der Waals surface area contributed by atoms with Crippen molar-refractivity contribution in [1.82, 2.24) is 4.90 Å². The summed E-state index contributed by atoms with van der Waals surface area (Å²) in [7, 11) is 1.59. The van der Waals surface area contributed by atoms with Crippen molar-refractivity contribution < 1.29 is 19.4 Å². The Morgan fingerprint density at radius 3 is 2.37 bits per heavy atom. The van der Waals surface area contributed by atoms with E-state index in [1.807, 2.05) is 24.3 Å². The van der Waals surface area contributed by atoms with Crippen molar-refractivity contribution in [3.63, 3.8) is 0 Å². The fourth-order valence-corrected chi connectivity index (χ4v) is 1.70. The lowest BCUT2D eigenvalue weighted by Gasteiger charge is -2.21. The van der Waals surface area contributed by atoms with Crippen molar-refractivity contribution in [3.8, 4) is 5.75 Å². The molecule has 0 fully saturated rings. The number of methoxy groups -OCH3 is 1. The Bertz CT molecular complexity index is 428. The van der Waals surface area contributed by atoms with Crippen LogP contribution in [0.4, 0.5) is 0 Å². The summed E-state index contributed by atoms with van der Waals surface area (Å²) in [5.74, 6) is -0.191. The predicted molar refractivity (Wildman–Crippen MR) is 71.0 cm³/mol. The van der Waals surface area contributed by atoms with E-state index >= 15 is 0 Å². The molecule has 1 N–H and O–H groups in total. The molecule has 0 spiro atoms. The quantitative estimate of drug-likeness (QED) is 0.817. The van der Waals surface area contributed by atoms with E-state index < -0.39 is 5.97 Å². The van der Waals surface area contributed by atoms with E-state index in [9.17, 15) is 9.59 Å². The van der Waals surface area contributed by atoms with Crippen LogP contribution in [0, 0.1) is 0 Å². The van der Waals surface area contributed by atoms with E-state index in [0.29, 0.717) is 13.0 Å². The number of hydrogen-bond donors (Lipinski definition) is 1. The molecule has 1 amide bonds. The molecule has 5 heteroatoms. The second-order valence-corrected chi connectivity index (χ2v) is 4.16. The minimum absolute atomic E-state index is 0.0398. The molecule has 0 bridgehead atoms. The second-order valence-electron chi connectivity index (χ2n) is 4.16. The van der Waals surface area contributed by atoms with Crippen LogP contribution in [-0.2, 0) is 16.1 Å². The zero-order valence-electron chi connectivity index (χ0n) is 11.3. The van der Waals surface area contributed by atoms with Crippen molar-refractivity contribution in [2.45, 2.75) is 26.3 Å². The molecule has 19 heavy (non-hydrogen) atoms. The zero-order valence-corrected chi connectivity index (χ0v) is 11.3. The van der Waals surface area contributed by atoms with Crippen molar-refractivity contribution in [2.24, 2.45) is 0 Å². The third-order valence-corrected chi connectivity index (χ3v) is 2.78. The number of rotatable bonds is 7. The molecule has 5 nitrogen and oxygen atoms in total. The SMILES string of the molecule is CCC(=O)N(CCC(=O)O)Cc1ccc(OC)cc1. The van der Waals surface area contributed by atoms with Crippen LogP contribution < -0.4 is 4.74 Å². The molecule has 0 saturated heterocycles. The first kappa shape index (κ1) is 15.0. The molecule has 0 aromatic heterocycles. The lowest BCUT2D eigenvalue weighted by molar-refractivity contribution is -0.138. The van der Waals surface area contributed by atoms with Crippen molar-refractivity contribution in [3.05, 3.63) is 29.8 Å². The average molecular weight is 265 g/mol. The zero-order chi connectivity index (χ0) is 14.3. The number of benzene rings is 1. The van der Waals surface area contributed by atoms with Gasteiger partial charge in [-0.1, -0.05) is 19.1 Å². The van der Waals surface area contributed by atoms with Crippen LogP contribution >= 0.6 is 0 Å². The summed E-state index contributed by atoms with van der Waals surface area (Å²) >= 11 is 0. The Morgan fingerprint density at radius 1 is 1.26 bits per heavy atom. The topological polar surface area (TPSA) is 66.8 Å². The van der Waals surface area contributed by atoms with Gasteiger partial charge in [0, 0.05) is 19.5 Å². The molecular weight excluding hydrogens is 246 g/mol. The third-order valence-electron chi connectivity index (χ3n) is 2.78. The van der Waals surface area contributed by atoms with Crippen LogP contribution in [0.1, 0.15) is 25.3 Å². The number of nitrogens with zero attached hydrogens (tertiary/aromatic N) is 1. The first-order chi connectivity index (χ1) is 9.06. The van der Waals surface area contributed by atoms with Gasteiger partial charge in [-0.25, -0.2) is 0 Å². The molecule has 0 atom stereocenters. The number of amides is 1. The molecule has 104 valence electrons. The van der Waals surface area contributed by atoms with Gasteiger partial charge in [0.2, 0.25) is 5.91 Å². The van der Waals surface area contributed by atoms with E-state index in [4.69, 9.17) is 9.84 Å². The Hall–Kier alpha value is -2.04. The standard InChI is InChI=1S/C14H19NO4/c1-3-13(16)15(9-8-14(17)18)10-11-4-6-12(19-2)7-5-11/h4-7H,3,8-10H2,1-2H3,(H,17,18). The maximum absolute atomic E-state index is 11.8. The van der Waals surface area contributed by atoms with Gasteiger partial charge in [0.1, 0.15) is 5.75 Å². The first-order valence-electron chi connectivity index (χ1n) is 6.19. The molecule has 1 aromatic carbocycles. The molecule has 0 heterocycles. The highest BCUT2D eigenvalue weighted by Gasteiger charge is 2.13. The number of aliphatic carboxylic acids is 1. The van der Waals surface area contributed by atoms with Gasteiger partial charge in [-0.15, -0.1) is 0 Å². The summed E-state index contributed by atoms with van der Waals surface area (Å²) < 4.78 is 5.06. The lowest BCUT2D eigenvalue weighted by atomic mass is 10.2. The smallest absolute Gasteiger partial charge is 0.305 e. The van der Waals surface area contributed by atoms with Gasteiger partial charge in [0.15, 0.2) is 0 Å². The molecular formula is C14H19NO4. The van der Waals surface area contributed by atoms with Crippen LogP contribution in [-0.4, -0.2) is 35.5 Å². The maximum atomic E-state index is 11.8. The lowest BCUT2D eigenvalue weighted by Crippen LogP contribution is -2.31. The van der Waals surface area contributed by atoms with Crippen LogP contribution in [0.3, 0.4) is 0 Å². The number of hydrogen-bond acceptors (Lipinski definition) is 3. The Kier molecular flexibility index (Phi) is 5.85. The summed E-state index contributed by atoms with van der Waals surface area (Å²) in [5, 5.41) is 8.70. The fraction of sp³-hybridized carbons (Fsp3) is 0.429. The monoisotopic (exact) mass is 265 g/mol. The Balaban J connectivity index is 2.69. The fourth-order valence-electron chi connectivity index (χ4n) is 1.70. The van der Waals surface area contributed by atoms with Gasteiger partial charge >= 0.3 is 5.97 Å². The number of ether oxygens (including phenoxy) is 1. The average Bonchev–Trinajstić information content (AvgIpc) is 2.43. The van der Waals surface area contributed by atoms with Crippen LogP contribution in [0.25, 0.3) is 0 Å². The molecule has 1 aromatic rings. The van der Waals surface area contributed by atoms with Gasteiger partial charge in [0.05, 0.1) is 13.5 Å². The van der Waals surface area contributed by atoms with Crippen LogP contribution in [0.2, 0.25) is 0 Å². The summed E-state index contributed by atoms with van der Waals surface area (Å²) in [6.45, 7) is 2.42. The van der Waals surface area contributed by atoms with E-state index in [1.54, 1.807) is 18.9 Å². The van der Waals surface area contributed by atoms with Gasteiger partial charge in [-0.3, -0.25) is 9.59 Å². The Labute approximate surface area is 112 Å². The molecule has 0 saturated carbocycles. The van der Waals surface area contributed by atoms with E-state index in [1.165, 1.54) is 0 Å². The highest BCUT2D eigenvalue weighted by atomic mass is 16.5. The summed E-state index contributed by atoms with van der Waals surface area (Å²) in [6, 6.07) is 7.38. The highest BCUT2D eigenvalue weighted by molar-refractivity contribution is 5.76. The van der Waals surface area contributed by atoms with E-state index in [2.05, 4.69) is 0 Å². The minimum atomic E-state index is -0.899. The van der Waals surface area contributed by atoms with Crippen molar-refractivity contribution in [2.75, 3.05) is 13.7 Å². The number of carbonyl (C=O) groups is 2. The van der Waals surface area contributed by atoms with Gasteiger partial charge < -0.3 is 14.7 Å². The first-order valence-corrected chi connectivity index (χ1v) is 6.19. The van der Waals surface area contributed by atoms with E-state index in [0.717, 1.165) is 11.3 Å². The summed E-state index contributed by atoms with van der Waals surface area (Å²) in [4.78, 5) is 23.9. The number of carbonyl (C=O) groups excluding carboxylic acids is 1. The van der Waals surface area contributed by atoms with Crippen molar-refractivity contribution in [1.29, 1.82) is 0 Å². The summed E-state index contributed by atoms with van der Waals surface area (Å²) in [6.07, 6.45) is 0.331. The largest absolute Gasteiger partial charge is 0.497 e. The molecule has 0 unspecified atom stereocenters. The maximum Gasteiger partial charge on any atom is 0.305 e. The van der Waals surface area contributed by atoms with E-state index in [-0.39, 0.29) is 18.9 Å². The molecule has 0 aliphatic rings. The third kappa shape index (κ3) is 4.99. The minimum Gasteiger partial charge on any atom is -0.497 e. The van der Waals surface area contributed by atoms with Gasteiger partial charge in [0.25, 0.3) is 0 Å². The highest BCUT2D eigenvalue weighted by Crippen LogP contribution is 2.13. The molecule has 0 aliphatic heterocycles. The predicted octanol–water partition coefficient (Wildman–Crippen LogP) is 1.91. The molecule has 0 radical (unpaired) electrons. The Morgan fingerprint density at radius 2 is 1.89 bits per heavy atom. The molecule has 1 rings (SSSR count). The van der Waals surface area contributed by atoms with Crippen LogP contribution in [0.5, 0.6) is 5.75 Å². The number of carboxylic acid groups (broad SMARTS) is 1. The van der Waals surface area contributed by atoms with Crippen LogP contribution in [0.15, 0.2) is 24.3 Å². The number of carboxylic acids is 1.